The summed E-state index contributed by atoms with van der Waals surface area (Å²) in [6, 6.07) is 9.34. The second-order valence-electron chi connectivity index (χ2n) is 4.42. The lowest BCUT2D eigenvalue weighted by molar-refractivity contribution is 0.0686. The van der Waals surface area contributed by atoms with Crippen molar-refractivity contribution in [3.63, 3.8) is 0 Å². The number of hydrogen-bond acceptors (Lipinski definition) is 2. The van der Waals surface area contributed by atoms with Crippen molar-refractivity contribution < 1.29 is 19.8 Å². The van der Waals surface area contributed by atoms with Gasteiger partial charge in [0.1, 0.15) is 0 Å². The van der Waals surface area contributed by atoms with E-state index in [1.165, 1.54) is 12.1 Å². The molecular weight excluding hydrogens is 315 g/mol. The smallest absolute Gasteiger partial charge is 0.337 e. The monoisotopic (exact) mass is 324 g/mol. The Balaban J connectivity index is 2.26. The third-order valence-corrected chi connectivity index (χ3v) is 3.56. The van der Waals surface area contributed by atoms with Gasteiger partial charge in [0, 0.05) is 0 Å². The highest BCUT2D eigenvalue weighted by Crippen LogP contribution is 2.23. The lowest BCUT2D eigenvalue weighted by atomic mass is 10.0. The van der Waals surface area contributed by atoms with E-state index in [0.29, 0.717) is 6.42 Å². The van der Waals surface area contributed by atoms with Gasteiger partial charge in [-0.1, -0.05) is 35.3 Å². The van der Waals surface area contributed by atoms with E-state index in [1.54, 1.807) is 24.3 Å². The molecule has 0 aromatic heterocycles. The predicted octanol–water partition coefficient (Wildman–Crippen LogP) is 3.98. The van der Waals surface area contributed by atoms with Crippen LogP contribution in [0.25, 0.3) is 0 Å². The molecule has 6 heteroatoms. The highest BCUT2D eigenvalue weighted by atomic mass is 35.5. The lowest BCUT2D eigenvalue weighted by Crippen LogP contribution is -2.00. The zero-order chi connectivity index (χ0) is 15.6. The number of rotatable bonds is 4. The van der Waals surface area contributed by atoms with Crippen molar-refractivity contribution in [2.24, 2.45) is 0 Å². The molecule has 0 saturated heterocycles. The fourth-order valence-electron chi connectivity index (χ4n) is 1.92. The minimum absolute atomic E-state index is 0.0414. The standard InChI is InChI=1S/C15H10Cl2O4/c16-12-6-8(1-3-10(12)14(18)19)5-9-2-4-11(15(20)21)13(17)7-9/h1-4,6-7H,5H2,(H,18,19)(H,20,21). The van der Waals surface area contributed by atoms with Crippen molar-refractivity contribution in [3.8, 4) is 0 Å². The normalized spacial score (nSPS) is 10.4. The van der Waals surface area contributed by atoms with Gasteiger partial charge in [-0.25, -0.2) is 9.59 Å². The van der Waals surface area contributed by atoms with Crippen molar-refractivity contribution in [1.29, 1.82) is 0 Å². The largest absolute Gasteiger partial charge is 0.478 e. The molecule has 0 saturated carbocycles. The molecule has 2 aromatic rings. The van der Waals surface area contributed by atoms with Crippen LogP contribution in [0.15, 0.2) is 36.4 Å². The maximum atomic E-state index is 10.9. The van der Waals surface area contributed by atoms with E-state index < -0.39 is 11.9 Å². The van der Waals surface area contributed by atoms with Gasteiger partial charge in [-0.3, -0.25) is 0 Å². The molecule has 0 radical (unpaired) electrons. The molecule has 0 aliphatic rings. The van der Waals surface area contributed by atoms with Gasteiger partial charge in [-0.05, 0) is 41.8 Å². The molecule has 0 atom stereocenters. The molecule has 0 spiro atoms. The summed E-state index contributed by atoms with van der Waals surface area (Å²) < 4.78 is 0. The van der Waals surface area contributed by atoms with Crippen molar-refractivity contribution in [2.45, 2.75) is 6.42 Å². The van der Waals surface area contributed by atoms with E-state index in [4.69, 9.17) is 33.4 Å². The van der Waals surface area contributed by atoms with Crippen LogP contribution >= 0.6 is 23.2 Å². The van der Waals surface area contributed by atoms with Crippen molar-refractivity contribution >= 4 is 35.1 Å². The van der Waals surface area contributed by atoms with Crippen LogP contribution in [0.3, 0.4) is 0 Å². The van der Waals surface area contributed by atoms with Crippen molar-refractivity contribution in [3.05, 3.63) is 68.7 Å². The van der Waals surface area contributed by atoms with Crippen LogP contribution in [0.2, 0.25) is 10.0 Å². The molecule has 4 nitrogen and oxygen atoms in total. The SMILES string of the molecule is O=C(O)c1ccc(Cc2ccc(C(=O)O)c(Cl)c2)cc1Cl. The molecule has 0 unspecified atom stereocenters. The molecular formula is C15H10Cl2O4. The summed E-state index contributed by atoms with van der Waals surface area (Å²) in [5.74, 6) is -2.17. The Morgan fingerprint density at radius 2 is 1.19 bits per heavy atom. The fourth-order valence-corrected chi connectivity index (χ4v) is 2.49. The van der Waals surface area contributed by atoms with Gasteiger partial charge in [0.25, 0.3) is 0 Å². The van der Waals surface area contributed by atoms with Crippen LogP contribution < -0.4 is 0 Å². The Labute approximate surface area is 130 Å². The molecule has 0 aliphatic carbocycles. The average molecular weight is 325 g/mol. The maximum absolute atomic E-state index is 10.9. The van der Waals surface area contributed by atoms with E-state index in [2.05, 4.69) is 0 Å². The van der Waals surface area contributed by atoms with Crippen molar-refractivity contribution in [1.82, 2.24) is 0 Å². The number of carboxylic acids is 2. The molecule has 0 bridgehead atoms. The molecule has 0 amide bonds. The fraction of sp³-hybridized carbons (Fsp3) is 0.0667. The van der Waals surface area contributed by atoms with E-state index in [1.807, 2.05) is 0 Å². The minimum atomic E-state index is -1.08. The van der Waals surface area contributed by atoms with Crippen LogP contribution in [0, 0.1) is 0 Å². The summed E-state index contributed by atoms with van der Waals surface area (Å²) in [4.78, 5) is 21.8. The minimum Gasteiger partial charge on any atom is -0.478 e. The molecule has 0 fully saturated rings. The van der Waals surface area contributed by atoms with Crippen LogP contribution in [-0.2, 0) is 6.42 Å². The summed E-state index contributed by atoms with van der Waals surface area (Å²) in [5.41, 5.74) is 1.70. The first kappa shape index (κ1) is 15.4. The number of carbonyl (C=O) groups is 2. The number of aromatic carboxylic acids is 2. The maximum Gasteiger partial charge on any atom is 0.337 e. The Morgan fingerprint density at radius 1 is 0.810 bits per heavy atom. The molecule has 21 heavy (non-hydrogen) atoms. The summed E-state index contributed by atoms with van der Waals surface area (Å²) in [7, 11) is 0. The van der Waals surface area contributed by atoms with Crippen LogP contribution in [0.5, 0.6) is 0 Å². The van der Waals surface area contributed by atoms with Gasteiger partial charge < -0.3 is 10.2 Å². The average Bonchev–Trinajstić information content (AvgIpc) is 2.37. The molecule has 108 valence electrons. The van der Waals surface area contributed by atoms with E-state index >= 15 is 0 Å². The zero-order valence-electron chi connectivity index (χ0n) is 10.6. The molecule has 2 aromatic carbocycles. The number of benzene rings is 2. The van der Waals surface area contributed by atoms with Crippen LogP contribution in [0.4, 0.5) is 0 Å². The van der Waals surface area contributed by atoms with Gasteiger partial charge in [-0.15, -0.1) is 0 Å². The lowest BCUT2D eigenvalue weighted by Gasteiger charge is -2.06. The Kier molecular flexibility index (Phi) is 4.50. The Bertz CT molecular complexity index is 664. The van der Waals surface area contributed by atoms with E-state index in [9.17, 15) is 9.59 Å². The van der Waals surface area contributed by atoms with Gasteiger partial charge in [0.15, 0.2) is 0 Å². The second-order valence-corrected chi connectivity index (χ2v) is 5.23. The summed E-state index contributed by atoms with van der Waals surface area (Å²) in [6.45, 7) is 0. The predicted molar refractivity (Wildman–Crippen MR) is 79.6 cm³/mol. The van der Waals surface area contributed by atoms with E-state index in [-0.39, 0.29) is 21.2 Å². The quantitative estimate of drug-likeness (QED) is 0.891. The first-order valence-electron chi connectivity index (χ1n) is 5.92. The van der Waals surface area contributed by atoms with E-state index in [0.717, 1.165) is 11.1 Å². The Hall–Kier alpha value is -2.04. The highest BCUT2D eigenvalue weighted by molar-refractivity contribution is 6.34. The highest BCUT2D eigenvalue weighted by Gasteiger charge is 2.11. The van der Waals surface area contributed by atoms with Gasteiger partial charge in [0.2, 0.25) is 0 Å². The van der Waals surface area contributed by atoms with Gasteiger partial charge in [0.05, 0.1) is 21.2 Å². The number of carboxylic acid groups (broad SMARTS) is 2. The first-order valence-corrected chi connectivity index (χ1v) is 6.67. The van der Waals surface area contributed by atoms with Crippen molar-refractivity contribution in [2.75, 3.05) is 0 Å². The van der Waals surface area contributed by atoms with Crippen LogP contribution in [-0.4, -0.2) is 22.2 Å². The first-order chi connectivity index (χ1) is 9.88. The van der Waals surface area contributed by atoms with Gasteiger partial charge >= 0.3 is 11.9 Å². The Morgan fingerprint density at radius 3 is 1.48 bits per heavy atom. The topological polar surface area (TPSA) is 74.6 Å². The third-order valence-electron chi connectivity index (χ3n) is 2.94. The van der Waals surface area contributed by atoms with Crippen LogP contribution in [0.1, 0.15) is 31.8 Å². The molecule has 0 aliphatic heterocycles. The second kappa shape index (κ2) is 6.16. The summed E-state index contributed by atoms with van der Waals surface area (Å²) in [6.07, 6.45) is 0.471. The number of halogens is 2. The zero-order valence-corrected chi connectivity index (χ0v) is 12.1. The molecule has 2 rings (SSSR count). The molecule has 2 N–H and O–H groups in total. The number of hydrogen-bond donors (Lipinski definition) is 2. The summed E-state index contributed by atoms with van der Waals surface area (Å²) >= 11 is 11.8. The molecule has 0 heterocycles. The summed E-state index contributed by atoms with van der Waals surface area (Å²) in [5, 5.41) is 18.1. The van der Waals surface area contributed by atoms with Gasteiger partial charge in [-0.2, -0.15) is 0 Å². The third kappa shape index (κ3) is 3.54.